The Hall–Kier alpha value is -1.56. The Balaban J connectivity index is 2.73. The van der Waals surface area contributed by atoms with Gasteiger partial charge in [0.15, 0.2) is 0 Å². The van der Waals surface area contributed by atoms with E-state index in [0.29, 0.717) is 0 Å². The van der Waals surface area contributed by atoms with Crippen molar-refractivity contribution in [2.75, 3.05) is 0 Å². The first-order valence-electron chi connectivity index (χ1n) is 6.29. The van der Waals surface area contributed by atoms with Gasteiger partial charge in [-0.05, 0) is 49.1 Å². The van der Waals surface area contributed by atoms with Gasteiger partial charge in [-0.25, -0.2) is 0 Å². The van der Waals surface area contributed by atoms with Crippen LogP contribution in [-0.4, -0.2) is 0 Å². The van der Waals surface area contributed by atoms with Crippen LogP contribution in [0.4, 0.5) is 0 Å². The molecule has 0 spiro atoms. The van der Waals surface area contributed by atoms with Gasteiger partial charge in [-0.15, -0.1) is 0 Å². The number of benzene rings is 2. The fourth-order valence-electron chi connectivity index (χ4n) is 2.37. The van der Waals surface area contributed by atoms with E-state index in [-0.39, 0.29) is 0 Å². The Bertz CT molecular complexity index is 570. The molecular weight excluding hydrogens is 204 g/mol. The minimum Gasteiger partial charge on any atom is -0.0758 e. The molecule has 0 saturated carbocycles. The lowest BCUT2D eigenvalue weighted by molar-refractivity contribution is 1.15. The van der Waals surface area contributed by atoms with Gasteiger partial charge >= 0.3 is 0 Å². The van der Waals surface area contributed by atoms with Gasteiger partial charge in [0.25, 0.3) is 0 Å². The molecule has 0 heteroatoms. The number of allylic oxidation sites excluding steroid dienone is 1. The molecule has 0 aliphatic carbocycles. The van der Waals surface area contributed by atoms with Crippen molar-refractivity contribution in [3.63, 3.8) is 0 Å². The van der Waals surface area contributed by atoms with Crippen LogP contribution in [0.5, 0.6) is 0 Å². The molecule has 0 aliphatic heterocycles. The van der Waals surface area contributed by atoms with Crippen LogP contribution >= 0.6 is 0 Å². The molecule has 0 bridgehead atoms. The molecule has 0 saturated heterocycles. The van der Waals surface area contributed by atoms with E-state index in [9.17, 15) is 0 Å². The first-order valence-corrected chi connectivity index (χ1v) is 6.29. The zero-order valence-corrected chi connectivity index (χ0v) is 11.2. The number of hydrogen-bond donors (Lipinski definition) is 0. The summed E-state index contributed by atoms with van der Waals surface area (Å²) in [4.78, 5) is 0. The third-order valence-electron chi connectivity index (χ3n) is 3.12. The van der Waals surface area contributed by atoms with Crippen LogP contribution in [0.25, 0.3) is 16.8 Å². The molecule has 0 radical (unpaired) electrons. The Kier molecular flexibility index (Phi) is 3.33. The molecule has 2 rings (SSSR count). The van der Waals surface area contributed by atoms with Gasteiger partial charge in [0, 0.05) is 0 Å². The van der Waals surface area contributed by atoms with E-state index in [1.165, 1.54) is 33.0 Å². The van der Waals surface area contributed by atoms with Gasteiger partial charge in [-0.2, -0.15) is 0 Å². The van der Waals surface area contributed by atoms with Crippen LogP contribution in [0.3, 0.4) is 0 Å². The fraction of sp³-hybridized carbons (Fsp3) is 0.294. The quantitative estimate of drug-likeness (QED) is 0.663. The highest BCUT2D eigenvalue weighted by atomic mass is 14.1. The van der Waals surface area contributed by atoms with Crippen LogP contribution in [-0.2, 0) is 6.42 Å². The molecule has 2 aromatic rings. The van der Waals surface area contributed by atoms with Gasteiger partial charge < -0.3 is 0 Å². The second-order valence-corrected chi connectivity index (χ2v) is 4.93. The minimum atomic E-state index is 1.08. The highest BCUT2D eigenvalue weighted by molar-refractivity contribution is 5.89. The summed E-state index contributed by atoms with van der Waals surface area (Å²) in [5, 5.41) is 2.75. The second kappa shape index (κ2) is 4.75. The monoisotopic (exact) mass is 224 g/mol. The molecule has 0 atom stereocenters. The molecule has 0 aromatic heterocycles. The number of rotatable bonds is 2. The lowest BCUT2D eigenvalue weighted by Gasteiger charge is -2.10. The summed E-state index contributed by atoms with van der Waals surface area (Å²) < 4.78 is 0. The molecule has 0 fully saturated rings. The second-order valence-electron chi connectivity index (χ2n) is 4.93. The smallest absolute Gasteiger partial charge is 0.0146 e. The molecule has 2 aromatic carbocycles. The first kappa shape index (κ1) is 11.9. The number of aryl methyl sites for hydroxylation is 2. The molecule has 0 unspecified atom stereocenters. The third-order valence-corrected chi connectivity index (χ3v) is 3.12. The van der Waals surface area contributed by atoms with Crippen molar-refractivity contribution in [1.29, 1.82) is 0 Å². The number of hydrogen-bond acceptors (Lipinski definition) is 0. The van der Waals surface area contributed by atoms with Crippen molar-refractivity contribution in [3.05, 3.63) is 52.6 Å². The van der Waals surface area contributed by atoms with Crippen molar-refractivity contribution < 1.29 is 0 Å². The van der Waals surface area contributed by atoms with Crippen molar-refractivity contribution in [2.45, 2.75) is 34.1 Å². The molecule has 17 heavy (non-hydrogen) atoms. The average molecular weight is 224 g/mol. The summed E-state index contributed by atoms with van der Waals surface area (Å²) in [5.74, 6) is 0. The van der Waals surface area contributed by atoms with Crippen molar-refractivity contribution in [3.8, 4) is 0 Å². The van der Waals surface area contributed by atoms with E-state index in [1.54, 1.807) is 0 Å². The molecule has 0 nitrogen and oxygen atoms in total. The predicted octanol–water partition coefficient (Wildman–Crippen LogP) is 5.13. The van der Waals surface area contributed by atoms with Crippen LogP contribution in [0.2, 0.25) is 0 Å². The Morgan fingerprint density at radius 2 is 1.88 bits per heavy atom. The van der Waals surface area contributed by atoms with Crippen molar-refractivity contribution in [2.24, 2.45) is 0 Å². The topological polar surface area (TPSA) is 0 Å². The molecule has 0 heterocycles. The van der Waals surface area contributed by atoms with E-state index in [4.69, 9.17) is 0 Å². The highest BCUT2D eigenvalue weighted by Gasteiger charge is 2.04. The van der Waals surface area contributed by atoms with Crippen LogP contribution in [0.1, 0.15) is 37.5 Å². The predicted molar refractivity (Wildman–Crippen MR) is 77.4 cm³/mol. The van der Waals surface area contributed by atoms with Gasteiger partial charge in [-0.3, -0.25) is 0 Å². The summed E-state index contributed by atoms with van der Waals surface area (Å²) in [5.41, 5.74) is 5.51. The van der Waals surface area contributed by atoms with Crippen LogP contribution in [0.15, 0.2) is 35.9 Å². The zero-order valence-electron chi connectivity index (χ0n) is 11.2. The zero-order chi connectivity index (χ0) is 12.4. The highest BCUT2D eigenvalue weighted by Crippen LogP contribution is 2.25. The molecular formula is C17H20. The molecule has 0 aliphatic rings. The van der Waals surface area contributed by atoms with E-state index in [2.05, 4.69) is 64.1 Å². The van der Waals surface area contributed by atoms with E-state index in [0.717, 1.165) is 6.42 Å². The minimum absolute atomic E-state index is 1.08. The van der Waals surface area contributed by atoms with Crippen LogP contribution < -0.4 is 0 Å². The maximum absolute atomic E-state index is 2.28. The van der Waals surface area contributed by atoms with Crippen molar-refractivity contribution in [1.82, 2.24) is 0 Å². The Morgan fingerprint density at radius 3 is 2.53 bits per heavy atom. The molecule has 88 valence electrons. The van der Waals surface area contributed by atoms with Crippen molar-refractivity contribution >= 4 is 16.8 Å². The largest absolute Gasteiger partial charge is 0.0758 e. The van der Waals surface area contributed by atoms with E-state index < -0.39 is 0 Å². The normalized spacial score (nSPS) is 10.6. The molecule has 0 N–H and O–H groups in total. The standard InChI is InChI=1S/C17H20/c1-5-16-14(10-12(2)3)7-8-15-11-13(4)6-9-17(15)16/h6-11H,5H2,1-4H3. The summed E-state index contributed by atoms with van der Waals surface area (Å²) in [7, 11) is 0. The van der Waals surface area contributed by atoms with Gasteiger partial charge in [0.1, 0.15) is 0 Å². The lowest BCUT2D eigenvalue weighted by atomic mass is 9.95. The summed E-state index contributed by atoms with van der Waals surface area (Å²) >= 11 is 0. The average Bonchev–Trinajstić information content (AvgIpc) is 2.28. The van der Waals surface area contributed by atoms with Gasteiger partial charge in [0.05, 0.1) is 0 Å². The first-order chi connectivity index (χ1) is 8.11. The number of fused-ring (bicyclic) bond motifs is 1. The maximum Gasteiger partial charge on any atom is -0.0146 e. The summed E-state index contributed by atoms with van der Waals surface area (Å²) in [6.45, 7) is 8.68. The summed E-state index contributed by atoms with van der Waals surface area (Å²) in [6.07, 6.45) is 3.36. The maximum atomic E-state index is 2.28. The van der Waals surface area contributed by atoms with Crippen LogP contribution in [0, 0.1) is 6.92 Å². The Labute approximate surface area is 104 Å². The van der Waals surface area contributed by atoms with E-state index in [1.807, 2.05) is 0 Å². The summed E-state index contributed by atoms with van der Waals surface area (Å²) in [6, 6.07) is 11.2. The van der Waals surface area contributed by atoms with Gasteiger partial charge in [0.2, 0.25) is 0 Å². The van der Waals surface area contributed by atoms with Gasteiger partial charge in [-0.1, -0.05) is 54.5 Å². The Morgan fingerprint density at radius 1 is 1.12 bits per heavy atom. The SMILES string of the molecule is CCc1c(C=C(C)C)ccc2cc(C)ccc12. The lowest BCUT2D eigenvalue weighted by Crippen LogP contribution is -1.90. The van der Waals surface area contributed by atoms with E-state index >= 15 is 0 Å². The fourth-order valence-corrected chi connectivity index (χ4v) is 2.37. The third kappa shape index (κ3) is 2.41. The molecule has 0 amide bonds.